The highest BCUT2D eigenvalue weighted by atomic mass is 35.5. The van der Waals surface area contributed by atoms with Gasteiger partial charge in [0.15, 0.2) is 5.78 Å². The van der Waals surface area contributed by atoms with Crippen LogP contribution < -0.4 is 4.74 Å². The molecule has 124 valence electrons. The summed E-state index contributed by atoms with van der Waals surface area (Å²) < 4.78 is 5.43. The van der Waals surface area contributed by atoms with Gasteiger partial charge in [-0.15, -0.1) is 0 Å². The van der Waals surface area contributed by atoms with Crippen molar-refractivity contribution >= 4 is 23.4 Å². The number of para-hydroxylation sites is 1. The molecule has 0 unspecified atom stereocenters. The number of benzene rings is 3. The third-order valence-corrected chi connectivity index (χ3v) is 3.93. The fraction of sp³-hybridized carbons (Fsp3) is 0.0476. The van der Waals surface area contributed by atoms with E-state index in [0.29, 0.717) is 16.1 Å². The molecule has 4 heteroatoms. The normalized spacial score (nSPS) is 10.3. The maximum absolute atomic E-state index is 12.6. The molecule has 0 heterocycles. The molecule has 0 aliphatic carbocycles. The van der Waals surface area contributed by atoms with Crippen LogP contribution in [-0.4, -0.2) is 11.8 Å². The monoisotopic (exact) mass is 350 g/mol. The van der Waals surface area contributed by atoms with Crippen LogP contribution in [0.4, 0.5) is 0 Å². The number of carbonyl (C=O) groups excluding carboxylic acids is 2. The lowest BCUT2D eigenvalue weighted by atomic mass is 10.0. The number of halogens is 1. The Labute approximate surface area is 150 Å². The highest BCUT2D eigenvalue weighted by Crippen LogP contribution is 2.22. The van der Waals surface area contributed by atoms with Crippen LogP contribution in [0.15, 0.2) is 78.9 Å². The molecule has 0 saturated heterocycles. The molecular formula is C21H15ClO3. The molecule has 0 aliphatic rings. The van der Waals surface area contributed by atoms with Crippen LogP contribution in [0.5, 0.6) is 5.75 Å². The first-order valence-corrected chi connectivity index (χ1v) is 8.15. The van der Waals surface area contributed by atoms with Crippen molar-refractivity contribution in [2.75, 3.05) is 0 Å². The molecule has 0 fully saturated rings. The van der Waals surface area contributed by atoms with Crippen LogP contribution in [-0.2, 0) is 6.42 Å². The lowest BCUT2D eigenvalue weighted by Crippen LogP contribution is -2.12. The zero-order valence-corrected chi connectivity index (χ0v) is 14.1. The fourth-order valence-corrected chi connectivity index (χ4v) is 2.53. The van der Waals surface area contributed by atoms with Crippen molar-refractivity contribution < 1.29 is 14.3 Å². The summed E-state index contributed by atoms with van der Waals surface area (Å²) in [4.78, 5) is 24.9. The molecule has 0 aliphatic heterocycles. The van der Waals surface area contributed by atoms with E-state index in [1.54, 1.807) is 48.5 Å². The SMILES string of the molecule is O=C(Oc1ccccc1C(=O)Cc1ccccc1)c1ccc(Cl)cc1. The molecule has 0 radical (unpaired) electrons. The van der Waals surface area contributed by atoms with Crippen molar-refractivity contribution in [2.24, 2.45) is 0 Å². The second-order valence-corrected chi connectivity index (χ2v) is 5.91. The average molecular weight is 351 g/mol. The molecule has 3 rings (SSSR count). The van der Waals surface area contributed by atoms with Crippen molar-refractivity contribution in [3.8, 4) is 5.75 Å². The smallest absolute Gasteiger partial charge is 0.343 e. The minimum atomic E-state index is -0.531. The van der Waals surface area contributed by atoms with Crippen LogP contribution in [0.3, 0.4) is 0 Å². The first-order chi connectivity index (χ1) is 12.1. The minimum Gasteiger partial charge on any atom is -0.422 e. The molecule has 3 nitrogen and oxygen atoms in total. The van der Waals surface area contributed by atoms with Gasteiger partial charge in [-0.05, 0) is 42.0 Å². The number of rotatable bonds is 5. The Morgan fingerprint density at radius 2 is 1.44 bits per heavy atom. The minimum absolute atomic E-state index is 0.106. The highest BCUT2D eigenvalue weighted by molar-refractivity contribution is 6.30. The maximum Gasteiger partial charge on any atom is 0.343 e. The van der Waals surface area contributed by atoms with Gasteiger partial charge in [-0.25, -0.2) is 4.79 Å². The Hall–Kier alpha value is -2.91. The second kappa shape index (κ2) is 7.77. The first-order valence-electron chi connectivity index (χ1n) is 7.77. The zero-order valence-electron chi connectivity index (χ0n) is 13.3. The van der Waals surface area contributed by atoms with Gasteiger partial charge in [-0.2, -0.15) is 0 Å². The molecular weight excluding hydrogens is 336 g/mol. The molecule has 0 saturated carbocycles. The Morgan fingerprint density at radius 3 is 2.16 bits per heavy atom. The average Bonchev–Trinajstić information content (AvgIpc) is 2.63. The summed E-state index contributed by atoms with van der Waals surface area (Å²) in [5, 5.41) is 0.537. The van der Waals surface area contributed by atoms with Gasteiger partial charge < -0.3 is 4.74 Å². The number of Topliss-reactive ketones (excluding diaryl/α,β-unsaturated/α-hetero) is 1. The summed E-state index contributed by atoms with van der Waals surface area (Å²) in [6.45, 7) is 0. The highest BCUT2D eigenvalue weighted by Gasteiger charge is 2.16. The Balaban J connectivity index is 1.79. The van der Waals surface area contributed by atoms with E-state index in [1.165, 1.54) is 0 Å². The van der Waals surface area contributed by atoms with E-state index in [0.717, 1.165) is 5.56 Å². The van der Waals surface area contributed by atoms with Crippen molar-refractivity contribution in [1.29, 1.82) is 0 Å². The van der Waals surface area contributed by atoms with E-state index in [1.807, 2.05) is 30.3 Å². The number of ether oxygens (including phenoxy) is 1. The van der Waals surface area contributed by atoms with Crippen molar-refractivity contribution in [1.82, 2.24) is 0 Å². The standard InChI is InChI=1S/C21H15ClO3/c22-17-12-10-16(11-13-17)21(24)25-20-9-5-4-8-18(20)19(23)14-15-6-2-1-3-7-15/h1-13H,14H2. The van der Waals surface area contributed by atoms with Crippen LogP contribution in [0.1, 0.15) is 26.3 Å². The fourth-order valence-electron chi connectivity index (χ4n) is 2.41. The molecule has 25 heavy (non-hydrogen) atoms. The van der Waals surface area contributed by atoms with Gasteiger partial charge in [0.25, 0.3) is 0 Å². The molecule has 3 aromatic carbocycles. The van der Waals surface area contributed by atoms with Gasteiger partial charge in [-0.1, -0.05) is 54.1 Å². The third kappa shape index (κ3) is 4.34. The van der Waals surface area contributed by atoms with Crippen molar-refractivity contribution in [3.63, 3.8) is 0 Å². The predicted octanol–water partition coefficient (Wildman–Crippen LogP) is 4.98. The van der Waals surface area contributed by atoms with Gasteiger partial charge in [0.05, 0.1) is 11.1 Å². The summed E-state index contributed by atoms with van der Waals surface area (Å²) in [5.74, 6) is -0.384. The lowest BCUT2D eigenvalue weighted by Gasteiger charge is -2.09. The quantitative estimate of drug-likeness (QED) is 0.370. The van der Waals surface area contributed by atoms with Gasteiger partial charge in [0, 0.05) is 11.4 Å². The summed E-state index contributed by atoms with van der Waals surface area (Å²) in [5.41, 5.74) is 1.66. The van der Waals surface area contributed by atoms with E-state index in [-0.39, 0.29) is 18.0 Å². The van der Waals surface area contributed by atoms with Gasteiger partial charge in [0.1, 0.15) is 5.75 Å². The largest absolute Gasteiger partial charge is 0.422 e. The van der Waals surface area contributed by atoms with Gasteiger partial charge in [-0.3, -0.25) is 4.79 Å². The van der Waals surface area contributed by atoms with E-state index >= 15 is 0 Å². The van der Waals surface area contributed by atoms with Gasteiger partial charge >= 0.3 is 5.97 Å². The van der Waals surface area contributed by atoms with Crippen LogP contribution in [0.2, 0.25) is 5.02 Å². The molecule has 0 bridgehead atoms. The molecule has 3 aromatic rings. The summed E-state index contributed by atoms with van der Waals surface area (Å²) in [6, 6.07) is 22.6. The van der Waals surface area contributed by atoms with Crippen LogP contribution >= 0.6 is 11.6 Å². The topological polar surface area (TPSA) is 43.4 Å². The van der Waals surface area contributed by atoms with E-state index < -0.39 is 5.97 Å². The molecule has 0 spiro atoms. The lowest BCUT2D eigenvalue weighted by molar-refractivity contribution is 0.0732. The zero-order chi connectivity index (χ0) is 17.6. The van der Waals surface area contributed by atoms with E-state index in [9.17, 15) is 9.59 Å². The number of hydrogen-bond acceptors (Lipinski definition) is 3. The first kappa shape index (κ1) is 16.9. The predicted molar refractivity (Wildman–Crippen MR) is 97.3 cm³/mol. The molecule has 0 amide bonds. The second-order valence-electron chi connectivity index (χ2n) is 5.48. The summed E-state index contributed by atoms with van der Waals surface area (Å²) in [7, 11) is 0. The number of carbonyl (C=O) groups is 2. The third-order valence-electron chi connectivity index (χ3n) is 3.68. The summed E-state index contributed by atoms with van der Waals surface area (Å²) >= 11 is 5.82. The van der Waals surface area contributed by atoms with Crippen LogP contribution in [0, 0.1) is 0 Å². The summed E-state index contributed by atoms with van der Waals surface area (Å²) in [6.07, 6.45) is 0.246. The van der Waals surface area contributed by atoms with Crippen molar-refractivity contribution in [3.05, 3.63) is 101 Å². The van der Waals surface area contributed by atoms with E-state index in [4.69, 9.17) is 16.3 Å². The van der Waals surface area contributed by atoms with E-state index in [2.05, 4.69) is 0 Å². The van der Waals surface area contributed by atoms with Gasteiger partial charge in [0.2, 0.25) is 0 Å². The molecule has 0 atom stereocenters. The molecule has 0 N–H and O–H groups in total. The number of ketones is 1. The Morgan fingerprint density at radius 1 is 0.800 bits per heavy atom. The van der Waals surface area contributed by atoms with Crippen molar-refractivity contribution in [2.45, 2.75) is 6.42 Å². The Bertz CT molecular complexity index is 887. The number of hydrogen-bond donors (Lipinski definition) is 0. The number of esters is 1. The maximum atomic E-state index is 12.6. The van der Waals surface area contributed by atoms with Crippen LogP contribution in [0.25, 0.3) is 0 Å². The molecule has 0 aromatic heterocycles. The Kier molecular flexibility index (Phi) is 5.26.